The van der Waals surface area contributed by atoms with E-state index in [2.05, 4.69) is 0 Å². The Morgan fingerprint density at radius 1 is 1.00 bits per heavy atom. The van der Waals surface area contributed by atoms with Gasteiger partial charge in [-0.3, -0.25) is 9.69 Å². The summed E-state index contributed by atoms with van der Waals surface area (Å²) in [5, 5.41) is 9.98. The molecule has 0 spiro atoms. The van der Waals surface area contributed by atoms with Crippen LogP contribution in [-0.2, 0) is 33.4 Å². The molecular formula is C19H28N2O7. The number of hydrogen-bond acceptors (Lipinski definition) is 9. The number of likely N-dealkylation sites (tertiary alicyclic amines) is 1. The fourth-order valence-corrected chi connectivity index (χ4v) is 3.77. The lowest BCUT2D eigenvalue weighted by atomic mass is 9.59. The van der Waals surface area contributed by atoms with Gasteiger partial charge in [-0.05, 0) is 41.2 Å². The first-order valence-corrected chi connectivity index (χ1v) is 9.32. The maximum Gasteiger partial charge on any atom is 0.338 e. The molecule has 0 bridgehead atoms. The molecule has 1 aliphatic heterocycles. The molecule has 28 heavy (non-hydrogen) atoms. The fourth-order valence-electron chi connectivity index (χ4n) is 3.77. The summed E-state index contributed by atoms with van der Waals surface area (Å²) in [6.45, 7) is 6.00. The van der Waals surface area contributed by atoms with Crippen LogP contribution in [0.15, 0.2) is 0 Å². The standard InChI is InChI=1S/C19H28N2O7/c1-6-26-15(23)18(12-20)9-10-21(5)19(16(24)27-7-2,17(25)28-8-3)14(18)11-13(4)22/h14H,6-11H2,1-5H3/t14-,18+/m1/s1. The van der Waals surface area contributed by atoms with Crippen LogP contribution in [0.3, 0.4) is 0 Å². The van der Waals surface area contributed by atoms with Gasteiger partial charge in [0.15, 0.2) is 5.41 Å². The van der Waals surface area contributed by atoms with Crippen molar-refractivity contribution in [2.24, 2.45) is 11.3 Å². The monoisotopic (exact) mass is 396 g/mol. The number of carbonyl (C=O) groups excluding carboxylic acids is 4. The summed E-state index contributed by atoms with van der Waals surface area (Å²) in [4.78, 5) is 52.5. The minimum absolute atomic E-state index is 0.00264. The van der Waals surface area contributed by atoms with Crippen molar-refractivity contribution in [3.05, 3.63) is 0 Å². The zero-order valence-corrected chi connectivity index (χ0v) is 17.1. The lowest BCUT2D eigenvalue weighted by Crippen LogP contribution is -2.72. The highest BCUT2D eigenvalue weighted by Crippen LogP contribution is 2.49. The molecule has 9 nitrogen and oxygen atoms in total. The molecule has 0 unspecified atom stereocenters. The highest BCUT2D eigenvalue weighted by atomic mass is 16.6. The Kier molecular flexibility index (Phi) is 8.12. The molecular weight excluding hydrogens is 368 g/mol. The number of rotatable bonds is 8. The van der Waals surface area contributed by atoms with Crippen LogP contribution in [0.4, 0.5) is 0 Å². The molecule has 0 aliphatic carbocycles. The van der Waals surface area contributed by atoms with Gasteiger partial charge in [0.1, 0.15) is 5.78 Å². The first-order chi connectivity index (χ1) is 13.2. The second-order valence-electron chi connectivity index (χ2n) is 6.64. The van der Waals surface area contributed by atoms with E-state index < -0.39 is 34.8 Å². The number of ether oxygens (including phenoxy) is 3. The van der Waals surface area contributed by atoms with Gasteiger partial charge in [0.25, 0.3) is 0 Å². The van der Waals surface area contributed by atoms with Crippen molar-refractivity contribution in [2.75, 3.05) is 33.4 Å². The lowest BCUT2D eigenvalue weighted by molar-refractivity contribution is -0.193. The minimum atomic E-state index is -2.11. The van der Waals surface area contributed by atoms with Gasteiger partial charge in [0.2, 0.25) is 5.54 Å². The molecule has 0 aromatic rings. The molecule has 1 rings (SSSR count). The van der Waals surface area contributed by atoms with E-state index in [-0.39, 0.29) is 45.0 Å². The summed E-state index contributed by atoms with van der Waals surface area (Å²) in [5.74, 6) is -4.48. The number of nitriles is 1. The largest absolute Gasteiger partial charge is 0.465 e. The Labute approximate surface area is 164 Å². The van der Waals surface area contributed by atoms with E-state index in [9.17, 15) is 24.4 Å². The minimum Gasteiger partial charge on any atom is -0.465 e. The van der Waals surface area contributed by atoms with Crippen LogP contribution < -0.4 is 0 Å². The molecule has 1 heterocycles. The molecule has 9 heteroatoms. The molecule has 0 amide bonds. The van der Waals surface area contributed by atoms with Crippen LogP contribution in [0, 0.1) is 22.7 Å². The fraction of sp³-hybridized carbons (Fsp3) is 0.737. The Morgan fingerprint density at radius 3 is 1.86 bits per heavy atom. The number of piperidine rings is 1. The lowest BCUT2D eigenvalue weighted by Gasteiger charge is -2.51. The second-order valence-corrected chi connectivity index (χ2v) is 6.64. The summed E-state index contributed by atoms with van der Waals surface area (Å²) in [6.07, 6.45) is -0.369. The third-order valence-corrected chi connectivity index (χ3v) is 5.05. The topological polar surface area (TPSA) is 123 Å². The van der Waals surface area contributed by atoms with Crippen molar-refractivity contribution in [1.82, 2.24) is 4.90 Å². The van der Waals surface area contributed by atoms with Gasteiger partial charge >= 0.3 is 17.9 Å². The number of nitrogens with zero attached hydrogens (tertiary/aromatic N) is 2. The zero-order chi connectivity index (χ0) is 21.5. The van der Waals surface area contributed by atoms with E-state index in [0.29, 0.717) is 0 Å². The maximum atomic E-state index is 13.1. The van der Waals surface area contributed by atoms with Crippen LogP contribution >= 0.6 is 0 Å². The summed E-state index contributed by atoms with van der Waals surface area (Å²) in [7, 11) is 1.51. The Hall–Kier alpha value is -2.47. The molecule has 1 saturated heterocycles. The number of likely N-dealkylation sites (N-methyl/N-ethyl adjacent to an activating group) is 1. The van der Waals surface area contributed by atoms with Gasteiger partial charge in [-0.1, -0.05) is 0 Å². The van der Waals surface area contributed by atoms with Crippen molar-refractivity contribution < 1.29 is 33.4 Å². The van der Waals surface area contributed by atoms with E-state index in [1.807, 2.05) is 6.07 Å². The summed E-state index contributed by atoms with van der Waals surface area (Å²) in [5.41, 5.74) is -3.98. The predicted octanol–water partition coefficient (Wildman–Crippen LogP) is 0.855. The van der Waals surface area contributed by atoms with Crippen molar-refractivity contribution in [3.63, 3.8) is 0 Å². The van der Waals surface area contributed by atoms with Gasteiger partial charge in [-0.15, -0.1) is 0 Å². The van der Waals surface area contributed by atoms with Gasteiger partial charge in [0.05, 0.1) is 25.9 Å². The van der Waals surface area contributed by atoms with E-state index in [4.69, 9.17) is 14.2 Å². The van der Waals surface area contributed by atoms with E-state index in [0.717, 1.165) is 0 Å². The van der Waals surface area contributed by atoms with Crippen molar-refractivity contribution in [1.29, 1.82) is 5.26 Å². The van der Waals surface area contributed by atoms with Crippen LogP contribution in [-0.4, -0.2) is 67.5 Å². The molecule has 2 atom stereocenters. The van der Waals surface area contributed by atoms with Gasteiger partial charge < -0.3 is 19.0 Å². The van der Waals surface area contributed by atoms with Gasteiger partial charge in [-0.25, -0.2) is 9.59 Å². The van der Waals surface area contributed by atoms with Crippen LogP contribution in [0.25, 0.3) is 0 Å². The van der Waals surface area contributed by atoms with Gasteiger partial charge in [-0.2, -0.15) is 5.26 Å². The Bertz CT molecular complexity index is 652. The number of carbonyl (C=O) groups is 4. The predicted molar refractivity (Wildman–Crippen MR) is 96.7 cm³/mol. The zero-order valence-electron chi connectivity index (χ0n) is 17.1. The second kappa shape index (κ2) is 9.64. The molecule has 0 radical (unpaired) electrons. The third kappa shape index (κ3) is 3.87. The Balaban J connectivity index is 3.80. The number of ketones is 1. The molecule has 156 valence electrons. The van der Waals surface area contributed by atoms with Crippen LogP contribution in [0.2, 0.25) is 0 Å². The number of esters is 3. The van der Waals surface area contributed by atoms with Gasteiger partial charge in [0, 0.05) is 18.9 Å². The molecule has 1 aliphatic rings. The van der Waals surface area contributed by atoms with E-state index >= 15 is 0 Å². The quantitative estimate of drug-likeness (QED) is 0.334. The average Bonchev–Trinajstić information content (AvgIpc) is 2.63. The molecule has 0 N–H and O–H groups in total. The third-order valence-electron chi connectivity index (χ3n) is 5.05. The first-order valence-electron chi connectivity index (χ1n) is 9.32. The molecule has 0 saturated carbocycles. The SMILES string of the molecule is CCOC(=O)C1(C(=O)OCC)[C@H](CC(C)=O)[C@](C#N)(C(=O)OCC)CCN1C. The summed E-state index contributed by atoms with van der Waals surface area (Å²) < 4.78 is 15.4. The summed E-state index contributed by atoms with van der Waals surface area (Å²) in [6, 6.07) is 1.96. The van der Waals surface area contributed by atoms with Crippen molar-refractivity contribution in [2.45, 2.75) is 46.1 Å². The normalized spacial score (nSPS) is 23.9. The van der Waals surface area contributed by atoms with Crippen LogP contribution in [0.5, 0.6) is 0 Å². The van der Waals surface area contributed by atoms with E-state index in [1.54, 1.807) is 20.8 Å². The highest BCUT2D eigenvalue weighted by molar-refractivity contribution is 6.07. The summed E-state index contributed by atoms with van der Waals surface area (Å²) >= 11 is 0. The van der Waals surface area contributed by atoms with Crippen molar-refractivity contribution in [3.8, 4) is 6.07 Å². The highest BCUT2D eigenvalue weighted by Gasteiger charge is 2.69. The Morgan fingerprint density at radius 2 is 1.46 bits per heavy atom. The molecule has 0 aromatic carbocycles. The smallest absolute Gasteiger partial charge is 0.338 e. The number of hydrogen-bond donors (Lipinski definition) is 0. The maximum absolute atomic E-state index is 13.1. The molecule has 1 fully saturated rings. The van der Waals surface area contributed by atoms with Crippen molar-refractivity contribution >= 4 is 23.7 Å². The molecule has 0 aromatic heterocycles. The van der Waals surface area contributed by atoms with Crippen LogP contribution in [0.1, 0.15) is 40.5 Å². The average molecular weight is 396 g/mol. The first kappa shape index (κ1) is 23.6. The number of Topliss-reactive ketones (excluding diaryl/α,β-unsaturated/α-hetero) is 1. The van der Waals surface area contributed by atoms with E-state index in [1.165, 1.54) is 18.9 Å².